The van der Waals surface area contributed by atoms with Crippen LogP contribution in [0.1, 0.15) is 39.9 Å². The van der Waals surface area contributed by atoms with Crippen molar-refractivity contribution in [3.8, 4) is 0 Å². The quantitative estimate of drug-likeness (QED) is 0.785. The summed E-state index contributed by atoms with van der Waals surface area (Å²) in [5.41, 5.74) is 0.478. The van der Waals surface area contributed by atoms with Crippen LogP contribution in [0.15, 0.2) is 22.1 Å². The van der Waals surface area contributed by atoms with Crippen LogP contribution in [0.25, 0.3) is 0 Å². The van der Waals surface area contributed by atoms with Gasteiger partial charge in [0.25, 0.3) is 0 Å². The molecular formula is C12H13NO3S. The Hall–Kier alpha value is -1.62. The number of ether oxygens (including phenoxy) is 1. The van der Waals surface area contributed by atoms with Crippen molar-refractivity contribution in [1.29, 1.82) is 0 Å². The molecule has 2 rings (SSSR count). The lowest BCUT2D eigenvalue weighted by Gasteiger charge is -2.09. The molecule has 0 aliphatic carbocycles. The number of aromatic nitrogens is 1. The summed E-state index contributed by atoms with van der Waals surface area (Å²) in [6, 6.07) is 1.69. The Labute approximate surface area is 103 Å². The minimum Gasteiger partial charge on any atom is -0.466 e. The summed E-state index contributed by atoms with van der Waals surface area (Å²) >= 11 is 1.47. The first-order valence-electron chi connectivity index (χ1n) is 5.25. The molecule has 5 heteroatoms. The van der Waals surface area contributed by atoms with Gasteiger partial charge in [0.1, 0.15) is 22.1 Å². The lowest BCUT2D eigenvalue weighted by atomic mass is 10.2. The molecule has 0 amide bonds. The van der Waals surface area contributed by atoms with Gasteiger partial charge in [-0.05, 0) is 26.8 Å². The van der Waals surface area contributed by atoms with E-state index in [1.807, 2.05) is 5.38 Å². The van der Waals surface area contributed by atoms with Gasteiger partial charge in [0, 0.05) is 11.6 Å². The van der Waals surface area contributed by atoms with Gasteiger partial charge in [0.2, 0.25) is 0 Å². The zero-order chi connectivity index (χ0) is 12.4. The molecule has 0 aromatic carbocycles. The number of hydrogen-bond donors (Lipinski definition) is 0. The summed E-state index contributed by atoms with van der Waals surface area (Å²) in [5.74, 6) is 0.914. The van der Waals surface area contributed by atoms with Gasteiger partial charge in [-0.3, -0.25) is 0 Å². The van der Waals surface area contributed by atoms with Gasteiger partial charge in [-0.15, -0.1) is 11.3 Å². The van der Waals surface area contributed by atoms with Gasteiger partial charge in [0.15, 0.2) is 6.10 Å². The first kappa shape index (κ1) is 11.9. The van der Waals surface area contributed by atoms with E-state index in [1.165, 1.54) is 11.3 Å². The second-order valence-electron chi connectivity index (χ2n) is 3.74. The van der Waals surface area contributed by atoms with Crippen LogP contribution in [0.3, 0.4) is 0 Å². The third kappa shape index (κ3) is 2.55. The van der Waals surface area contributed by atoms with Crippen LogP contribution in [0.4, 0.5) is 0 Å². The molecule has 2 heterocycles. The first-order valence-corrected chi connectivity index (χ1v) is 6.13. The van der Waals surface area contributed by atoms with Crippen LogP contribution in [-0.2, 0) is 4.74 Å². The fourth-order valence-corrected chi connectivity index (χ4v) is 2.17. The van der Waals surface area contributed by atoms with Crippen LogP contribution < -0.4 is 0 Å². The van der Waals surface area contributed by atoms with Gasteiger partial charge in [0.05, 0.1) is 0 Å². The lowest BCUT2D eigenvalue weighted by molar-refractivity contribution is 0.0335. The zero-order valence-corrected chi connectivity index (χ0v) is 10.7. The van der Waals surface area contributed by atoms with E-state index >= 15 is 0 Å². The maximum absolute atomic E-state index is 11.9. The summed E-state index contributed by atoms with van der Waals surface area (Å²) in [7, 11) is 0. The highest BCUT2D eigenvalue weighted by Crippen LogP contribution is 2.22. The molecule has 0 saturated heterocycles. The predicted molar refractivity (Wildman–Crippen MR) is 64.1 cm³/mol. The van der Waals surface area contributed by atoms with E-state index in [0.717, 1.165) is 5.01 Å². The van der Waals surface area contributed by atoms with Gasteiger partial charge in [-0.25, -0.2) is 9.78 Å². The minimum atomic E-state index is -0.373. The van der Waals surface area contributed by atoms with Crippen molar-refractivity contribution in [2.45, 2.75) is 26.9 Å². The third-order valence-electron chi connectivity index (χ3n) is 2.34. The fourth-order valence-electron chi connectivity index (χ4n) is 1.54. The van der Waals surface area contributed by atoms with Crippen LogP contribution in [0.5, 0.6) is 0 Å². The summed E-state index contributed by atoms with van der Waals surface area (Å²) < 4.78 is 10.6. The highest BCUT2D eigenvalue weighted by Gasteiger charge is 2.19. The second kappa shape index (κ2) is 4.71. The number of aryl methyl sites for hydroxylation is 2. The summed E-state index contributed by atoms with van der Waals surface area (Å²) in [4.78, 5) is 16.0. The van der Waals surface area contributed by atoms with Gasteiger partial charge < -0.3 is 9.15 Å². The maximum Gasteiger partial charge on any atom is 0.342 e. The minimum absolute atomic E-state index is 0.336. The van der Waals surface area contributed by atoms with Crippen molar-refractivity contribution in [2.75, 3.05) is 0 Å². The molecule has 0 N–H and O–H groups in total. The van der Waals surface area contributed by atoms with Crippen LogP contribution >= 0.6 is 11.3 Å². The number of carbonyl (C=O) groups excluding carboxylic acids is 1. The molecule has 0 bridgehead atoms. The SMILES string of the molecule is Cc1cc(C(=O)OC(C)c2nccs2)c(C)o1. The highest BCUT2D eigenvalue weighted by molar-refractivity contribution is 7.09. The van der Waals surface area contributed by atoms with Crippen molar-refractivity contribution in [1.82, 2.24) is 4.98 Å². The summed E-state index contributed by atoms with van der Waals surface area (Å²) in [6.45, 7) is 5.35. The van der Waals surface area contributed by atoms with Crippen LogP contribution in [0.2, 0.25) is 0 Å². The molecule has 2 aromatic rings. The number of carbonyl (C=O) groups is 1. The Morgan fingerprint density at radius 1 is 1.53 bits per heavy atom. The molecule has 0 spiro atoms. The molecular weight excluding hydrogens is 238 g/mol. The standard InChI is InChI=1S/C12H13NO3S/c1-7-6-10(8(2)15-7)12(14)16-9(3)11-13-4-5-17-11/h4-6,9H,1-3H3. The molecule has 1 atom stereocenters. The molecule has 0 radical (unpaired) electrons. The number of hydrogen-bond acceptors (Lipinski definition) is 5. The van der Waals surface area contributed by atoms with Crippen molar-refractivity contribution in [3.63, 3.8) is 0 Å². The highest BCUT2D eigenvalue weighted by atomic mass is 32.1. The van der Waals surface area contributed by atoms with Crippen LogP contribution in [-0.4, -0.2) is 11.0 Å². The van der Waals surface area contributed by atoms with Crippen molar-refractivity contribution in [3.05, 3.63) is 39.7 Å². The maximum atomic E-state index is 11.9. The van der Waals surface area contributed by atoms with Crippen molar-refractivity contribution in [2.24, 2.45) is 0 Å². The number of furan rings is 1. The van der Waals surface area contributed by atoms with E-state index in [4.69, 9.17) is 9.15 Å². The Kier molecular flexibility index (Phi) is 3.28. The van der Waals surface area contributed by atoms with E-state index in [2.05, 4.69) is 4.98 Å². The number of thiazole rings is 1. The normalized spacial score (nSPS) is 12.4. The molecule has 0 aliphatic rings. The smallest absolute Gasteiger partial charge is 0.342 e. The fraction of sp³-hybridized carbons (Fsp3) is 0.333. The molecule has 17 heavy (non-hydrogen) atoms. The van der Waals surface area contributed by atoms with Gasteiger partial charge >= 0.3 is 5.97 Å². The van der Waals surface area contributed by atoms with E-state index in [1.54, 1.807) is 33.0 Å². The number of rotatable bonds is 3. The number of esters is 1. The first-order chi connectivity index (χ1) is 8.08. The van der Waals surface area contributed by atoms with E-state index < -0.39 is 0 Å². The monoisotopic (exact) mass is 251 g/mol. The van der Waals surface area contributed by atoms with E-state index in [0.29, 0.717) is 17.1 Å². The Balaban J connectivity index is 2.09. The molecule has 90 valence electrons. The molecule has 2 aromatic heterocycles. The summed E-state index contributed by atoms with van der Waals surface area (Å²) in [6.07, 6.45) is 1.36. The Morgan fingerprint density at radius 3 is 2.82 bits per heavy atom. The summed E-state index contributed by atoms with van der Waals surface area (Å²) in [5, 5.41) is 2.64. The topological polar surface area (TPSA) is 52.3 Å². The molecule has 4 nitrogen and oxygen atoms in total. The van der Waals surface area contributed by atoms with Gasteiger partial charge in [-0.1, -0.05) is 0 Å². The third-order valence-corrected chi connectivity index (χ3v) is 3.28. The van der Waals surface area contributed by atoms with Crippen LogP contribution in [0, 0.1) is 13.8 Å². The van der Waals surface area contributed by atoms with Crippen molar-refractivity contribution >= 4 is 17.3 Å². The van der Waals surface area contributed by atoms with Crippen molar-refractivity contribution < 1.29 is 13.9 Å². The number of nitrogens with zero attached hydrogens (tertiary/aromatic N) is 1. The van der Waals surface area contributed by atoms with Gasteiger partial charge in [-0.2, -0.15) is 0 Å². The predicted octanol–water partition coefficient (Wildman–Crippen LogP) is 3.27. The second-order valence-corrected chi connectivity index (χ2v) is 4.67. The molecule has 0 aliphatic heterocycles. The van der Waals surface area contributed by atoms with E-state index in [9.17, 15) is 4.79 Å². The zero-order valence-electron chi connectivity index (χ0n) is 9.89. The average Bonchev–Trinajstić information content (AvgIpc) is 2.87. The largest absolute Gasteiger partial charge is 0.466 e. The molecule has 0 fully saturated rings. The lowest BCUT2D eigenvalue weighted by Crippen LogP contribution is -2.09. The molecule has 1 unspecified atom stereocenters. The Bertz CT molecular complexity index is 516. The van der Waals surface area contributed by atoms with E-state index in [-0.39, 0.29) is 12.1 Å². The molecule has 0 saturated carbocycles. The Morgan fingerprint density at radius 2 is 2.29 bits per heavy atom. The average molecular weight is 251 g/mol.